The highest BCUT2D eigenvalue weighted by atomic mass is 35.5. The minimum atomic E-state index is -1.41. The molecular formula is C12H7ClN2O5. The van der Waals surface area contributed by atoms with Crippen molar-refractivity contribution in [2.24, 2.45) is 0 Å². The molecule has 0 saturated heterocycles. The molecule has 0 amide bonds. The molecule has 1 heterocycles. The van der Waals surface area contributed by atoms with Gasteiger partial charge in [0.1, 0.15) is 11.3 Å². The number of nitrogens with zero attached hydrogens (tertiary/aromatic N) is 2. The highest BCUT2D eigenvalue weighted by molar-refractivity contribution is 6.30. The van der Waals surface area contributed by atoms with E-state index in [1.807, 2.05) is 0 Å². The summed E-state index contributed by atoms with van der Waals surface area (Å²) < 4.78 is 5.29. The largest absolute Gasteiger partial charge is 0.477 e. The fourth-order valence-corrected chi connectivity index (χ4v) is 1.70. The van der Waals surface area contributed by atoms with Crippen molar-refractivity contribution in [3.63, 3.8) is 0 Å². The van der Waals surface area contributed by atoms with E-state index in [2.05, 4.69) is 4.98 Å². The van der Waals surface area contributed by atoms with Gasteiger partial charge < -0.3 is 9.84 Å². The van der Waals surface area contributed by atoms with Crippen LogP contribution in [0.5, 0.6) is 11.5 Å². The number of hydrogen-bond donors (Lipinski definition) is 1. The van der Waals surface area contributed by atoms with Gasteiger partial charge in [-0.05, 0) is 12.1 Å². The van der Waals surface area contributed by atoms with E-state index >= 15 is 0 Å². The van der Waals surface area contributed by atoms with Crippen LogP contribution in [0.25, 0.3) is 0 Å². The lowest BCUT2D eigenvalue weighted by molar-refractivity contribution is -0.386. The molecule has 7 nitrogen and oxygen atoms in total. The van der Waals surface area contributed by atoms with Crippen LogP contribution in [0.4, 0.5) is 5.69 Å². The molecule has 0 spiro atoms. The molecule has 0 radical (unpaired) electrons. The van der Waals surface area contributed by atoms with Crippen molar-refractivity contribution < 1.29 is 19.6 Å². The Labute approximate surface area is 117 Å². The van der Waals surface area contributed by atoms with Gasteiger partial charge in [0, 0.05) is 12.3 Å². The van der Waals surface area contributed by atoms with Gasteiger partial charge >= 0.3 is 11.7 Å². The molecule has 2 aromatic rings. The first-order valence-electron chi connectivity index (χ1n) is 5.28. The third-order valence-corrected chi connectivity index (χ3v) is 2.53. The Morgan fingerprint density at radius 3 is 2.75 bits per heavy atom. The van der Waals surface area contributed by atoms with Crippen LogP contribution < -0.4 is 4.74 Å². The van der Waals surface area contributed by atoms with Gasteiger partial charge in [-0.2, -0.15) is 0 Å². The van der Waals surface area contributed by atoms with Crippen LogP contribution in [0.1, 0.15) is 10.4 Å². The average Bonchev–Trinajstić information content (AvgIpc) is 2.38. The van der Waals surface area contributed by atoms with Crippen LogP contribution in [-0.4, -0.2) is 21.0 Å². The van der Waals surface area contributed by atoms with E-state index in [0.717, 1.165) is 6.07 Å². The van der Waals surface area contributed by atoms with E-state index in [9.17, 15) is 14.9 Å². The van der Waals surface area contributed by atoms with Crippen LogP contribution >= 0.6 is 11.6 Å². The van der Waals surface area contributed by atoms with Crippen molar-refractivity contribution >= 4 is 23.3 Å². The molecule has 1 aromatic heterocycles. The molecule has 0 atom stereocenters. The van der Waals surface area contributed by atoms with Crippen molar-refractivity contribution in [1.82, 2.24) is 4.98 Å². The van der Waals surface area contributed by atoms with Crippen molar-refractivity contribution in [2.45, 2.75) is 0 Å². The SMILES string of the molecule is O=C(O)c1cccc(Oc2cncc(Cl)c2)c1[N+](=O)[O-]. The summed E-state index contributed by atoms with van der Waals surface area (Å²) in [5.41, 5.74) is -1.08. The molecule has 0 aliphatic carbocycles. The normalized spacial score (nSPS) is 10.1. The van der Waals surface area contributed by atoms with Crippen molar-refractivity contribution in [1.29, 1.82) is 0 Å². The smallest absolute Gasteiger partial charge is 0.342 e. The maximum absolute atomic E-state index is 11.0. The molecule has 1 N–H and O–H groups in total. The van der Waals surface area contributed by atoms with E-state index in [1.54, 1.807) is 0 Å². The molecule has 2 rings (SSSR count). The number of aromatic carboxylic acids is 1. The molecule has 0 aliphatic heterocycles. The highest BCUT2D eigenvalue weighted by Gasteiger charge is 2.25. The molecule has 0 unspecified atom stereocenters. The van der Waals surface area contributed by atoms with E-state index in [-0.39, 0.29) is 11.5 Å². The number of halogens is 1. The lowest BCUT2D eigenvalue weighted by atomic mass is 10.1. The van der Waals surface area contributed by atoms with Crippen LogP contribution in [-0.2, 0) is 0 Å². The number of aromatic nitrogens is 1. The number of nitro groups is 1. The second-order valence-corrected chi connectivity index (χ2v) is 4.09. The first-order chi connectivity index (χ1) is 9.49. The zero-order valence-electron chi connectivity index (χ0n) is 9.82. The lowest BCUT2D eigenvalue weighted by Crippen LogP contribution is -2.04. The fourth-order valence-electron chi connectivity index (χ4n) is 1.54. The molecule has 102 valence electrons. The Kier molecular flexibility index (Phi) is 3.81. The Morgan fingerprint density at radius 1 is 1.40 bits per heavy atom. The molecule has 0 saturated carbocycles. The molecule has 0 aliphatic rings. The second-order valence-electron chi connectivity index (χ2n) is 3.66. The third kappa shape index (κ3) is 2.83. The second kappa shape index (κ2) is 5.54. The fraction of sp³-hybridized carbons (Fsp3) is 0. The number of para-hydroxylation sites is 1. The van der Waals surface area contributed by atoms with Crippen LogP contribution in [0, 0.1) is 10.1 Å². The molecule has 0 bridgehead atoms. The molecule has 0 fully saturated rings. The van der Waals surface area contributed by atoms with Crippen LogP contribution in [0.15, 0.2) is 36.7 Å². The van der Waals surface area contributed by atoms with Gasteiger partial charge in [0.25, 0.3) is 0 Å². The highest BCUT2D eigenvalue weighted by Crippen LogP contribution is 2.34. The molecular weight excluding hydrogens is 288 g/mol. The first-order valence-corrected chi connectivity index (χ1v) is 5.66. The summed E-state index contributed by atoms with van der Waals surface area (Å²) in [6.45, 7) is 0. The van der Waals surface area contributed by atoms with Crippen molar-refractivity contribution in [3.05, 3.63) is 57.4 Å². The Morgan fingerprint density at radius 2 is 2.15 bits per heavy atom. The number of carboxylic acid groups (broad SMARTS) is 1. The van der Waals surface area contributed by atoms with Gasteiger partial charge in [-0.1, -0.05) is 17.7 Å². The summed E-state index contributed by atoms with van der Waals surface area (Å²) in [7, 11) is 0. The minimum absolute atomic E-state index is 0.170. The van der Waals surface area contributed by atoms with Crippen LogP contribution in [0.3, 0.4) is 0 Å². The number of pyridine rings is 1. The average molecular weight is 295 g/mol. The van der Waals surface area contributed by atoms with E-state index < -0.39 is 22.1 Å². The summed E-state index contributed by atoms with van der Waals surface area (Å²) in [5, 5.41) is 20.3. The summed E-state index contributed by atoms with van der Waals surface area (Å²) in [4.78, 5) is 25.0. The summed E-state index contributed by atoms with van der Waals surface area (Å²) >= 11 is 5.72. The first kappa shape index (κ1) is 13.8. The van der Waals surface area contributed by atoms with Gasteiger partial charge in [0.2, 0.25) is 5.75 Å². The Balaban J connectivity index is 2.49. The maximum atomic E-state index is 11.0. The summed E-state index contributed by atoms with van der Waals surface area (Å²) in [6.07, 6.45) is 2.68. The molecule has 20 heavy (non-hydrogen) atoms. The predicted octanol–water partition coefficient (Wildman–Crippen LogP) is 3.13. The third-order valence-electron chi connectivity index (χ3n) is 2.32. The monoisotopic (exact) mass is 294 g/mol. The lowest BCUT2D eigenvalue weighted by Gasteiger charge is -2.07. The number of benzene rings is 1. The number of carbonyl (C=O) groups is 1. The number of nitro benzene ring substituents is 1. The number of hydrogen-bond acceptors (Lipinski definition) is 5. The standard InChI is InChI=1S/C12H7ClN2O5/c13-7-4-8(6-14-5-7)20-10-3-1-2-9(12(16)17)11(10)15(18)19/h1-6H,(H,16,17). The van der Waals surface area contributed by atoms with Crippen molar-refractivity contribution in [3.8, 4) is 11.5 Å². The Hall–Kier alpha value is -2.67. The maximum Gasteiger partial charge on any atom is 0.342 e. The van der Waals surface area contributed by atoms with E-state index in [0.29, 0.717) is 5.02 Å². The summed E-state index contributed by atoms with van der Waals surface area (Å²) in [6, 6.07) is 5.19. The zero-order chi connectivity index (χ0) is 14.7. The molecule has 1 aromatic carbocycles. The van der Waals surface area contributed by atoms with Crippen LogP contribution in [0.2, 0.25) is 5.02 Å². The number of ether oxygens (including phenoxy) is 1. The van der Waals surface area contributed by atoms with Crippen molar-refractivity contribution in [2.75, 3.05) is 0 Å². The predicted molar refractivity (Wildman–Crippen MR) is 69.4 cm³/mol. The number of rotatable bonds is 4. The topological polar surface area (TPSA) is 103 Å². The summed E-state index contributed by atoms with van der Waals surface area (Å²) in [5.74, 6) is -1.44. The van der Waals surface area contributed by atoms with Gasteiger partial charge in [-0.25, -0.2) is 4.79 Å². The van der Waals surface area contributed by atoms with E-state index in [4.69, 9.17) is 21.4 Å². The Bertz CT molecular complexity index is 689. The van der Waals surface area contributed by atoms with Gasteiger partial charge in [-0.3, -0.25) is 15.1 Å². The van der Waals surface area contributed by atoms with Gasteiger partial charge in [0.15, 0.2) is 0 Å². The van der Waals surface area contributed by atoms with E-state index in [1.165, 1.54) is 30.6 Å². The van der Waals surface area contributed by atoms with Gasteiger partial charge in [-0.15, -0.1) is 0 Å². The minimum Gasteiger partial charge on any atom is -0.477 e. The quantitative estimate of drug-likeness (QED) is 0.686. The number of carboxylic acids is 1. The van der Waals surface area contributed by atoms with Gasteiger partial charge in [0.05, 0.1) is 16.1 Å². The zero-order valence-corrected chi connectivity index (χ0v) is 10.6. The molecule has 8 heteroatoms.